The highest BCUT2D eigenvalue weighted by atomic mass is 16.5. The van der Waals surface area contributed by atoms with E-state index in [2.05, 4.69) is 22.1 Å². The van der Waals surface area contributed by atoms with Crippen molar-refractivity contribution in [1.82, 2.24) is 15.2 Å². The number of pyridine rings is 1. The lowest BCUT2D eigenvalue weighted by Gasteiger charge is -2.36. The van der Waals surface area contributed by atoms with E-state index in [4.69, 9.17) is 4.74 Å². The van der Waals surface area contributed by atoms with Gasteiger partial charge in [0, 0.05) is 44.9 Å². The summed E-state index contributed by atoms with van der Waals surface area (Å²) < 4.78 is 5.27. The number of rotatable bonds is 5. The Kier molecular flexibility index (Phi) is 6.13. The average Bonchev–Trinajstić information content (AvgIpc) is 2.68. The van der Waals surface area contributed by atoms with Gasteiger partial charge in [0.05, 0.1) is 7.11 Å². The zero-order valence-electron chi connectivity index (χ0n) is 15.4. The number of piperazine rings is 1. The van der Waals surface area contributed by atoms with E-state index in [0.717, 1.165) is 50.8 Å². The van der Waals surface area contributed by atoms with Crippen LogP contribution in [0.25, 0.3) is 0 Å². The minimum Gasteiger partial charge on any atom is -0.497 e. The van der Waals surface area contributed by atoms with Crippen molar-refractivity contribution in [3.05, 3.63) is 18.3 Å². The van der Waals surface area contributed by atoms with Crippen LogP contribution in [0.4, 0.5) is 5.82 Å². The zero-order chi connectivity index (χ0) is 17.6. The molecule has 2 fully saturated rings. The fourth-order valence-corrected chi connectivity index (χ4v) is 3.82. The number of carbonyl (C=O) groups is 1. The van der Waals surface area contributed by atoms with Crippen LogP contribution in [0.5, 0.6) is 5.75 Å². The molecular weight excluding hydrogens is 316 g/mol. The molecule has 2 unspecified atom stereocenters. The molecule has 2 aliphatic heterocycles. The van der Waals surface area contributed by atoms with Crippen molar-refractivity contribution in [3.8, 4) is 5.75 Å². The van der Waals surface area contributed by atoms with E-state index < -0.39 is 0 Å². The van der Waals surface area contributed by atoms with Crippen LogP contribution in [-0.4, -0.2) is 62.2 Å². The molecule has 0 spiro atoms. The van der Waals surface area contributed by atoms with Crippen molar-refractivity contribution in [2.45, 2.75) is 26.2 Å². The first-order valence-electron chi connectivity index (χ1n) is 9.41. The molecule has 1 amide bonds. The van der Waals surface area contributed by atoms with E-state index >= 15 is 0 Å². The highest BCUT2D eigenvalue weighted by Gasteiger charge is 2.26. The monoisotopic (exact) mass is 346 g/mol. The van der Waals surface area contributed by atoms with Gasteiger partial charge in [-0.25, -0.2) is 4.98 Å². The zero-order valence-corrected chi connectivity index (χ0v) is 15.4. The van der Waals surface area contributed by atoms with Crippen LogP contribution in [-0.2, 0) is 4.79 Å². The molecule has 2 atom stereocenters. The second-order valence-corrected chi connectivity index (χ2v) is 7.21. The van der Waals surface area contributed by atoms with Crippen molar-refractivity contribution in [2.24, 2.45) is 11.8 Å². The molecule has 0 radical (unpaired) electrons. The maximum atomic E-state index is 12.6. The summed E-state index contributed by atoms with van der Waals surface area (Å²) in [5.41, 5.74) is 0. The number of aromatic nitrogens is 1. The predicted octanol–water partition coefficient (Wildman–Crippen LogP) is 1.76. The smallest absolute Gasteiger partial charge is 0.222 e. The maximum Gasteiger partial charge on any atom is 0.222 e. The van der Waals surface area contributed by atoms with Crippen molar-refractivity contribution in [2.75, 3.05) is 51.3 Å². The molecule has 1 aromatic rings. The summed E-state index contributed by atoms with van der Waals surface area (Å²) in [6, 6.07) is 3.81. The highest BCUT2D eigenvalue weighted by molar-refractivity contribution is 5.76. The third-order valence-electron chi connectivity index (χ3n) is 5.55. The molecule has 0 aromatic carbocycles. The van der Waals surface area contributed by atoms with Gasteiger partial charge in [-0.2, -0.15) is 0 Å². The second-order valence-electron chi connectivity index (χ2n) is 7.21. The van der Waals surface area contributed by atoms with Crippen LogP contribution < -0.4 is 15.0 Å². The Balaban J connectivity index is 1.48. The van der Waals surface area contributed by atoms with Gasteiger partial charge in [0.25, 0.3) is 0 Å². The van der Waals surface area contributed by atoms with E-state index in [-0.39, 0.29) is 0 Å². The Labute approximate surface area is 150 Å². The maximum absolute atomic E-state index is 12.6. The number of piperidine rings is 1. The number of hydrogen-bond donors (Lipinski definition) is 1. The number of anilines is 1. The van der Waals surface area contributed by atoms with Gasteiger partial charge in [-0.3, -0.25) is 4.79 Å². The van der Waals surface area contributed by atoms with Crippen molar-refractivity contribution >= 4 is 11.7 Å². The molecule has 3 heterocycles. The summed E-state index contributed by atoms with van der Waals surface area (Å²) in [6.45, 7) is 7.60. The molecule has 25 heavy (non-hydrogen) atoms. The van der Waals surface area contributed by atoms with E-state index in [1.54, 1.807) is 13.3 Å². The van der Waals surface area contributed by atoms with E-state index in [1.165, 1.54) is 12.8 Å². The SMILES string of the molecule is COc1ccnc(N2CCN(C(=O)CC(C)C3CCCNC3)CC2)c1. The van der Waals surface area contributed by atoms with Gasteiger partial charge in [-0.05, 0) is 43.8 Å². The lowest BCUT2D eigenvalue weighted by atomic mass is 9.85. The number of carbonyl (C=O) groups excluding carboxylic acids is 1. The molecule has 0 aliphatic carbocycles. The number of hydrogen-bond acceptors (Lipinski definition) is 5. The van der Waals surface area contributed by atoms with Gasteiger partial charge in [0.15, 0.2) is 0 Å². The summed E-state index contributed by atoms with van der Waals surface area (Å²) in [5, 5.41) is 3.45. The molecule has 0 bridgehead atoms. The molecule has 2 aliphatic rings. The van der Waals surface area contributed by atoms with Gasteiger partial charge in [0.1, 0.15) is 11.6 Å². The lowest BCUT2D eigenvalue weighted by Crippen LogP contribution is -2.49. The van der Waals surface area contributed by atoms with Crippen LogP contribution in [0.3, 0.4) is 0 Å². The Morgan fingerprint density at radius 2 is 2.20 bits per heavy atom. The number of nitrogens with zero attached hydrogens (tertiary/aromatic N) is 3. The van der Waals surface area contributed by atoms with Crippen LogP contribution in [0, 0.1) is 11.8 Å². The molecule has 0 saturated carbocycles. The van der Waals surface area contributed by atoms with Gasteiger partial charge in [0.2, 0.25) is 5.91 Å². The molecule has 138 valence electrons. The Morgan fingerprint density at radius 1 is 1.40 bits per heavy atom. The third-order valence-corrected chi connectivity index (χ3v) is 5.55. The standard InChI is InChI=1S/C19H30N4O2/c1-15(16-4-3-6-20-14-16)12-19(24)23-10-8-22(9-11-23)18-13-17(25-2)5-7-21-18/h5,7,13,15-16,20H,3-4,6,8-12,14H2,1-2H3. The quantitative estimate of drug-likeness (QED) is 0.880. The first-order valence-corrected chi connectivity index (χ1v) is 9.41. The third kappa shape index (κ3) is 4.63. The van der Waals surface area contributed by atoms with Crippen molar-refractivity contribution in [1.29, 1.82) is 0 Å². The van der Waals surface area contributed by atoms with Crippen molar-refractivity contribution in [3.63, 3.8) is 0 Å². The molecule has 1 N–H and O–H groups in total. The lowest BCUT2D eigenvalue weighted by molar-refractivity contribution is -0.132. The first-order chi connectivity index (χ1) is 12.2. The fourth-order valence-electron chi connectivity index (χ4n) is 3.82. The Hall–Kier alpha value is -1.82. The molecular formula is C19H30N4O2. The first kappa shape index (κ1) is 18.0. The van der Waals surface area contributed by atoms with E-state index in [1.807, 2.05) is 17.0 Å². The van der Waals surface area contributed by atoms with Crippen LogP contribution in [0.15, 0.2) is 18.3 Å². The number of nitrogens with one attached hydrogen (secondary N) is 1. The Morgan fingerprint density at radius 3 is 2.88 bits per heavy atom. The number of amides is 1. The Bertz CT molecular complexity index is 566. The minimum atomic E-state index is 0.302. The van der Waals surface area contributed by atoms with Gasteiger partial charge >= 0.3 is 0 Å². The summed E-state index contributed by atoms with van der Waals surface area (Å²) in [7, 11) is 1.67. The van der Waals surface area contributed by atoms with E-state index in [9.17, 15) is 4.79 Å². The largest absolute Gasteiger partial charge is 0.497 e. The van der Waals surface area contributed by atoms with Gasteiger partial charge < -0.3 is 19.9 Å². The minimum absolute atomic E-state index is 0.302. The van der Waals surface area contributed by atoms with E-state index in [0.29, 0.717) is 24.2 Å². The molecule has 1 aromatic heterocycles. The molecule has 2 saturated heterocycles. The van der Waals surface area contributed by atoms with Crippen LogP contribution in [0.2, 0.25) is 0 Å². The summed E-state index contributed by atoms with van der Waals surface area (Å²) in [5.74, 6) is 3.14. The molecule has 6 heteroatoms. The number of ether oxygens (including phenoxy) is 1. The average molecular weight is 346 g/mol. The highest BCUT2D eigenvalue weighted by Crippen LogP contribution is 2.24. The second kappa shape index (κ2) is 8.52. The van der Waals surface area contributed by atoms with Gasteiger partial charge in [-0.15, -0.1) is 0 Å². The molecule has 6 nitrogen and oxygen atoms in total. The topological polar surface area (TPSA) is 57.7 Å². The van der Waals surface area contributed by atoms with Gasteiger partial charge in [-0.1, -0.05) is 6.92 Å². The summed E-state index contributed by atoms with van der Waals surface area (Å²) in [4.78, 5) is 21.3. The number of methoxy groups -OCH3 is 1. The predicted molar refractivity (Wildman–Crippen MR) is 99.0 cm³/mol. The summed E-state index contributed by atoms with van der Waals surface area (Å²) in [6.07, 6.45) is 4.92. The van der Waals surface area contributed by atoms with Crippen LogP contribution in [0.1, 0.15) is 26.2 Å². The molecule has 3 rings (SSSR count). The summed E-state index contributed by atoms with van der Waals surface area (Å²) >= 11 is 0. The fraction of sp³-hybridized carbons (Fsp3) is 0.684. The van der Waals surface area contributed by atoms with Crippen LogP contribution >= 0.6 is 0 Å². The van der Waals surface area contributed by atoms with Crippen molar-refractivity contribution < 1.29 is 9.53 Å². The normalized spacial score (nSPS) is 22.6.